The minimum atomic E-state index is 0.442. The molecule has 6 heteroatoms. The normalized spacial score (nSPS) is 12.9. The van der Waals surface area contributed by atoms with E-state index in [0.717, 1.165) is 30.0 Å². The maximum Gasteiger partial charge on any atom is 0.0755 e. The zero-order chi connectivity index (χ0) is 12.7. The zero-order valence-corrected chi connectivity index (χ0v) is 14.0. The highest BCUT2D eigenvalue weighted by Gasteiger charge is 2.06. The second-order valence-corrected chi connectivity index (χ2v) is 7.58. The molecule has 1 atom stereocenters. The van der Waals surface area contributed by atoms with E-state index in [4.69, 9.17) is 4.74 Å². The van der Waals surface area contributed by atoms with Crippen molar-refractivity contribution in [2.45, 2.75) is 19.5 Å². The van der Waals surface area contributed by atoms with Crippen LogP contribution in [0.3, 0.4) is 0 Å². The molecule has 0 saturated heterocycles. The first-order chi connectivity index (χ1) is 8.13. The Kier molecular flexibility index (Phi) is 7.90. The molecule has 1 aromatic heterocycles. The van der Waals surface area contributed by atoms with Crippen molar-refractivity contribution in [3.63, 3.8) is 0 Å². The zero-order valence-electron chi connectivity index (χ0n) is 10.1. The predicted octanol–water partition coefficient (Wildman–Crippen LogP) is 2.99. The quantitative estimate of drug-likeness (QED) is 0.675. The molecule has 0 amide bonds. The van der Waals surface area contributed by atoms with Gasteiger partial charge < -0.3 is 15.4 Å². The topological polar surface area (TPSA) is 33.3 Å². The van der Waals surface area contributed by atoms with Crippen molar-refractivity contribution in [1.29, 1.82) is 0 Å². The van der Waals surface area contributed by atoms with Crippen LogP contribution in [-0.2, 0) is 11.3 Å². The van der Waals surface area contributed by atoms with Crippen LogP contribution < -0.4 is 10.6 Å². The first kappa shape index (κ1) is 15.6. The fourth-order valence-electron chi connectivity index (χ4n) is 1.34. The Morgan fingerprint density at radius 1 is 1.47 bits per heavy atom. The molecule has 0 fully saturated rings. The van der Waals surface area contributed by atoms with E-state index >= 15 is 0 Å². The van der Waals surface area contributed by atoms with E-state index < -0.39 is 0 Å². The summed E-state index contributed by atoms with van der Waals surface area (Å²) in [6.45, 7) is 5.67. The Bertz CT molecular complexity index is 333. The van der Waals surface area contributed by atoms with Crippen LogP contribution in [0.4, 0.5) is 0 Å². The van der Waals surface area contributed by atoms with Gasteiger partial charge in [0.25, 0.3) is 0 Å². The van der Waals surface area contributed by atoms with E-state index in [1.807, 2.05) is 0 Å². The average molecular weight is 386 g/mol. The summed E-state index contributed by atoms with van der Waals surface area (Å²) in [4.78, 5) is 0. The van der Waals surface area contributed by atoms with E-state index in [2.05, 4.69) is 55.5 Å². The number of hydrogen-bond acceptors (Lipinski definition) is 4. The number of methoxy groups -OCH3 is 1. The number of nitrogens with one attached hydrogen (secondary N) is 2. The van der Waals surface area contributed by atoms with E-state index in [-0.39, 0.29) is 0 Å². The van der Waals surface area contributed by atoms with Gasteiger partial charge in [0.1, 0.15) is 0 Å². The van der Waals surface area contributed by atoms with E-state index in [9.17, 15) is 0 Å². The van der Waals surface area contributed by atoms with Gasteiger partial charge in [-0.2, -0.15) is 0 Å². The molecule has 98 valence electrons. The first-order valence-electron chi connectivity index (χ1n) is 5.50. The maximum absolute atomic E-state index is 4.98. The summed E-state index contributed by atoms with van der Waals surface area (Å²) >= 11 is 8.75. The standard InChI is InChI=1S/C11H18Br2N2OS/c1-8(6-14-3-4-16-2)15-7-9-5-10(12)17-11(9)13/h5,8,14-15H,3-4,6-7H2,1-2H3. The lowest BCUT2D eigenvalue weighted by Crippen LogP contribution is -2.37. The molecular weight excluding hydrogens is 368 g/mol. The van der Waals surface area contributed by atoms with Gasteiger partial charge in [0.2, 0.25) is 0 Å². The highest BCUT2D eigenvalue weighted by molar-refractivity contribution is 9.12. The number of thiophene rings is 1. The van der Waals surface area contributed by atoms with Crippen LogP contribution in [0.25, 0.3) is 0 Å². The molecule has 1 heterocycles. The van der Waals surface area contributed by atoms with Crippen LogP contribution >= 0.6 is 43.2 Å². The third-order valence-corrected chi connectivity index (χ3v) is 4.77. The van der Waals surface area contributed by atoms with E-state index in [1.54, 1.807) is 18.4 Å². The van der Waals surface area contributed by atoms with Crippen LogP contribution in [0.2, 0.25) is 0 Å². The van der Waals surface area contributed by atoms with Gasteiger partial charge in [-0.3, -0.25) is 0 Å². The average Bonchev–Trinajstić information content (AvgIpc) is 2.61. The molecular formula is C11H18Br2N2OS. The fourth-order valence-corrected chi connectivity index (χ4v) is 4.17. The Morgan fingerprint density at radius 2 is 2.24 bits per heavy atom. The molecule has 0 aromatic carbocycles. The van der Waals surface area contributed by atoms with Crippen molar-refractivity contribution in [2.24, 2.45) is 0 Å². The number of ether oxygens (including phenoxy) is 1. The van der Waals surface area contributed by atoms with Gasteiger partial charge in [-0.1, -0.05) is 0 Å². The minimum Gasteiger partial charge on any atom is -0.383 e. The first-order valence-corrected chi connectivity index (χ1v) is 7.90. The van der Waals surface area contributed by atoms with Crippen LogP contribution in [-0.4, -0.2) is 32.8 Å². The summed E-state index contributed by atoms with van der Waals surface area (Å²) in [6.07, 6.45) is 0. The van der Waals surface area contributed by atoms with Gasteiger partial charge in [-0.15, -0.1) is 11.3 Å². The van der Waals surface area contributed by atoms with E-state index in [1.165, 1.54) is 9.35 Å². The third-order valence-electron chi connectivity index (χ3n) is 2.30. The molecule has 1 aromatic rings. The largest absolute Gasteiger partial charge is 0.383 e. The molecule has 0 aliphatic heterocycles. The third kappa shape index (κ3) is 6.31. The smallest absolute Gasteiger partial charge is 0.0755 e. The van der Waals surface area contributed by atoms with Gasteiger partial charge in [-0.05, 0) is 50.4 Å². The lowest BCUT2D eigenvalue weighted by Gasteiger charge is -2.14. The highest BCUT2D eigenvalue weighted by atomic mass is 79.9. The summed E-state index contributed by atoms with van der Waals surface area (Å²) in [5.41, 5.74) is 1.30. The van der Waals surface area contributed by atoms with Crippen molar-refractivity contribution in [3.8, 4) is 0 Å². The summed E-state index contributed by atoms with van der Waals surface area (Å²) in [5.74, 6) is 0. The van der Waals surface area contributed by atoms with Crippen molar-refractivity contribution in [2.75, 3.05) is 26.8 Å². The molecule has 0 saturated carbocycles. The van der Waals surface area contributed by atoms with Gasteiger partial charge in [0.05, 0.1) is 14.2 Å². The van der Waals surface area contributed by atoms with Crippen LogP contribution in [0, 0.1) is 0 Å². The monoisotopic (exact) mass is 384 g/mol. The molecule has 17 heavy (non-hydrogen) atoms. The maximum atomic E-state index is 4.98. The second kappa shape index (κ2) is 8.61. The molecule has 0 aliphatic carbocycles. The Labute approximate surface area is 124 Å². The summed E-state index contributed by atoms with van der Waals surface area (Å²) in [7, 11) is 1.72. The van der Waals surface area contributed by atoms with Crippen molar-refractivity contribution >= 4 is 43.2 Å². The Hall–Kier alpha value is 0.540. The Balaban J connectivity index is 2.19. The highest BCUT2D eigenvalue weighted by Crippen LogP contribution is 2.31. The molecule has 0 aliphatic rings. The lowest BCUT2D eigenvalue weighted by atomic mass is 10.3. The molecule has 0 spiro atoms. The van der Waals surface area contributed by atoms with Gasteiger partial charge in [-0.25, -0.2) is 0 Å². The van der Waals surface area contributed by atoms with Gasteiger partial charge >= 0.3 is 0 Å². The summed E-state index contributed by atoms with van der Waals surface area (Å²) in [6, 6.07) is 2.59. The minimum absolute atomic E-state index is 0.442. The summed E-state index contributed by atoms with van der Waals surface area (Å²) in [5, 5.41) is 6.82. The van der Waals surface area contributed by atoms with E-state index in [0.29, 0.717) is 6.04 Å². The van der Waals surface area contributed by atoms with Gasteiger partial charge in [0, 0.05) is 32.8 Å². The lowest BCUT2D eigenvalue weighted by molar-refractivity contribution is 0.198. The SMILES string of the molecule is COCCNCC(C)NCc1cc(Br)sc1Br. The van der Waals surface area contributed by atoms with Crippen LogP contribution in [0.1, 0.15) is 12.5 Å². The second-order valence-electron chi connectivity index (χ2n) is 3.83. The Morgan fingerprint density at radius 3 is 2.82 bits per heavy atom. The number of halogens is 2. The number of hydrogen-bond donors (Lipinski definition) is 2. The molecule has 1 rings (SSSR count). The number of rotatable bonds is 8. The predicted molar refractivity (Wildman–Crippen MR) is 80.8 cm³/mol. The summed E-state index contributed by atoms with van der Waals surface area (Å²) < 4.78 is 7.33. The van der Waals surface area contributed by atoms with Crippen molar-refractivity contribution in [1.82, 2.24) is 10.6 Å². The van der Waals surface area contributed by atoms with Crippen molar-refractivity contribution < 1.29 is 4.74 Å². The van der Waals surface area contributed by atoms with Gasteiger partial charge in [0.15, 0.2) is 0 Å². The molecule has 2 N–H and O–H groups in total. The molecule has 3 nitrogen and oxygen atoms in total. The van der Waals surface area contributed by atoms with Crippen molar-refractivity contribution in [3.05, 3.63) is 19.2 Å². The molecule has 0 bridgehead atoms. The molecule has 0 radical (unpaired) electrons. The fraction of sp³-hybridized carbons (Fsp3) is 0.636. The van der Waals surface area contributed by atoms with Crippen LogP contribution in [0.15, 0.2) is 13.6 Å². The van der Waals surface area contributed by atoms with Crippen LogP contribution in [0.5, 0.6) is 0 Å². The molecule has 1 unspecified atom stereocenters.